The minimum atomic E-state index is -0.773. The Labute approximate surface area is 417 Å². The number of carbonyl (C=O) groups is 3. The number of rotatable bonds is 55. The Morgan fingerprint density at radius 3 is 0.881 bits per heavy atom. The third-order valence-corrected chi connectivity index (χ3v) is 13.4. The molecule has 0 fully saturated rings. The van der Waals surface area contributed by atoms with E-state index in [0.29, 0.717) is 19.3 Å². The van der Waals surface area contributed by atoms with Crippen LogP contribution in [-0.4, -0.2) is 37.2 Å². The van der Waals surface area contributed by atoms with Gasteiger partial charge in [0.1, 0.15) is 13.2 Å². The van der Waals surface area contributed by atoms with E-state index in [-0.39, 0.29) is 31.1 Å². The van der Waals surface area contributed by atoms with Gasteiger partial charge in [-0.3, -0.25) is 14.4 Å². The van der Waals surface area contributed by atoms with E-state index in [1.165, 1.54) is 199 Å². The topological polar surface area (TPSA) is 78.9 Å². The van der Waals surface area contributed by atoms with Crippen molar-refractivity contribution in [2.45, 2.75) is 335 Å². The van der Waals surface area contributed by atoms with Crippen molar-refractivity contribution >= 4 is 17.9 Å². The van der Waals surface area contributed by atoms with Gasteiger partial charge in [-0.05, 0) is 44.9 Å². The molecule has 0 aliphatic heterocycles. The van der Waals surface area contributed by atoms with Crippen molar-refractivity contribution in [3.05, 3.63) is 24.3 Å². The molecule has 0 aromatic heterocycles. The van der Waals surface area contributed by atoms with E-state index >= 15 is 0 Å². The van der Waals surface area contributed by atoms with Gasteiger partial charge < -0.3 is 14.2 Å². The molecule has 0 bridgehead atoms. The summed E-state index contributed by atoms with van der Waals surface area (Å²) < 4.78 is 16.8. The first-order chi connectivity index (χ1) is 33.0. The Hall–Kier alpha value is -2.11. The zero-order chi connectivity index (χ0) is 48.6. The molecule has 6 heteroatoms. The zero-order valence-electron chi connectivity index (χ0n) is 45.2. The highest BCUT2D eigenvalue weighted by Crippen LogP contribution is 2.18. The van der Waals surface area contributed by atoms with Crippen LogP contribution in [0.15, 0.2) is 24.3 Å². The molecule has 6 nitrogen and oxygen atoms in total. The van der Waals surface area contributed by atoms with Gasteiger partial charge in [-0.15, -0.1) is 0 Å². The highest BCUT2D eigenvalue weighted by molar-refractivity contribution is 5.71. The second-order valence-corrected chi connectivity index (χ2v) is 20.3. The number of carbonyl (C=O) groups excluding carboxylic acids is 3. The first-order valence-electron chi connectivity index (χ1n) is 29.8. The summed E-state index contributed by atoms with van der Waals surface area (Å²) >= 11 is 0. The summed E-state index contributed by atoms with van der Waals surface area (Å²) in [5.41, 5.74) is 0. The van der Waals surface area contributed by atoms with E-state index in [1.807, 2.05) is 0 Å². The molecule has 0 spiro atoms. The molecule has 0 aliphatic rings. The zero-order valence-corrected chi connectivity index (χ0v) is 45.2. The Balaban J connectivity index is 4.11. The molecule has 0 amide bonds. The van der Waals surface area contributed by atoms with Gasteiger partial charge in [0, 0.05) is 19.3 Å². The molecule has 1 atom stereocenters. The third-order valence-electron chi connectivity index (χ3n) is 13.4. The lowest BCUT2D eigenvalue weighted by Crippen LogP contribution is -2.30. The predicted octanol–water partition coefficient (Wildman–Crippen LogP) is 19.9. The quantitative estimate of drug-likeness (QED) is 0.0262. The van der Waals surface area contributed by atoms with Gasteiger partial charge in [0.05, 0.1) is 0 Å². The molecule has 0 rings (SSSR count). The number of hydrogen-bond acceptors (Lipinski definition) is 6. The number of ether oxygens (including phenoxy) is 3. The molecular weight excluding hydrogens is 829 g/mol. The molecule has 0 saturated heterocycles. The molecule has 0 radical (unpaired) electrons. The summed E-state index contributed by atoms with van der Waals surface area (Å²) in [6, 6.07) is 0. The van der Waals surface area contributed by atoms with E-state index in [9.17, 15) is 14.4 Å². The summed E-state index contributed by atoms with van der Waals surface area (Å²) in [7, 11) is 0. The second-order valence-electron chi connectivity index (χ2n) is 20.3. The fraction of sp³-hybridized carbons (Fsp3) is 0.885. The first-order valence-corrected chi connectivity index (χ1v) is 29.8. The van der Waals surface area contributed by atoms with Gasteiger partial charge >= 0.3 is 17.9 Å². The Morgan fingerprint density at radius 2 is 0.567 bits per heavy atom. The van der Waals surface area contributed by atoms with Crippen molar-refractivity contribution in [1.29, 1.82) is 0 Å². The average molecular weight is 944 g/mol. The highest BCUT2D eigenvalue weighted by atomic mass is 16.6. The van der Waals surface area contributed by atoms with Crippen LogP contribution in [0.4, 0.5) is 0 Å². The summed E-state index contributed by atoms with van der Waals surface area (Å²) in [5.74, 6) is -0.869. The van der Waals surface area contributed by atoms with Gasteiger partial charge in [-0.1, -0.05) is 289 Å². The lowest BCUT2D eigenvalue weighted by Gasteiger charge is -2.18. The van der Waals surface area contributed by atoms with E-state index in [2.05, 4.69) is 45.1 Å². The van der Waals surface area contributed by atoms with Crippen molar-refractivity contribution in [2.75, 3.05) is 13.2 Å². The summed E-state index contributed by atoms with van der Waals surface area (Å²) in [6.45, 7) is 6.60. The molecule has 0 N–H and O–H groups in total. The number of hydrogen-bond donors (Lipinski definition) is 0. The van der Waals surface area contributed by atoms with Gasteiger partial charge in [-0.25, -0.2) is 0 Å². The van der Waals surface area contributed by atoms with Crippen LogP contribution in [0.3, 0.4) is 0 Å². The molecule has 1 unspecified atom stereocenters. The van der Waals surface area contributed by atoms with Crippen LogP contribution < -0.4 is 0 Å². The van der Waals surface area contributed by atoms with Crippen molar-refractivity contribution < 1.29 is 28.6 Å². The lowest BCUT2D eigenvalue weighted by atomic mass is 10.0. The number of unbranched alkanes of at least 4 members (excludes halogenated alkanes) is 40. The summed E-state index contributed by atoms with van der Waals surface area (Å²) in [6.07, 6.45) is 66.3. The first kappa shape index (κ1) is 64.9. The van der Waals surface area contributed by atoms with Crippen molar-refractivity contribution in [3.8, 4) is 0 Å². The minimum Gasteiger partial charge on any atom is -0.462 e. The van der Waals surface area contributed by atoms with E-state index in [0.717, 1.165) is 89.9 Å². The van der Waals surface area contributed by atoms with Crippen LogP contribution in [0, 0.1) is 0 Å². The van der Waals surface area contributed by atoms with Crippen LogP contribution >= 0.6 is 0 Å². The summed E-state index contributed by atoms with van der Waals surface area (Å²) in [5, 5.41) is 0. The smallest absolute Gasteiger partial charge is 0.306 e. The molecule has 0 heterocycles. The van der Waals surface area contributed by atoms with Crippen molar-refractivity contribution in [2.24, 2.45) is 0 Å². The number of allylic oxidation sites excluding steroid dienone is 4. The molecule has 0 aromatic carbocycles. The molecule has 394 valence electrons. The number of esters is 3. The Morgan fingerprint density at radius 1 is 0.299 bits per heavy atom. The van der Waals surface area contributed by atoms with Crippen LogP contribution in [0.25, 0.3) is 0 Å². The van der Waals surface area contributed by atoms with Gasteiger partial charge in [-0.2, -0.15) is 0 Å². The molecule has 0 aromatic rings. The van der Waals surface area contributed by atoms with Crippen molar-refractivity contribution in [3.63, 3.8) is 0 Å². The van der Waals surface area contributed by atoms with Crippen LogP contribution in [0.5, 0.6) is 0 Å². The van der Waals surface area contributed by atoms with E-state index in [1.54, 1.807) is 0 Å². The minimum absolute atomic E-state index is 0.0719. The average Bonchev–Trinajstić information content (AvgIpc) is 3.33. The monoisotopic (exact) mass is 943 g/mol. The van der Waals surface area contributed by atoms with Gasteiger partial charge in [0.2, 0.25) is 0 Å². The fourth-order valence-corrected chi connectivity index (χ4v) is 8.95. The van der Waals surface area contributed by atoms with E-state index in [4.69, 9.17) is 14.2 Å². The van der Waals surface area contributed by atoms with Crippen LogP contribution in [-0.2, 0) is 28.6 Å². The predicted molar refractivity (Wildman–Crippen MR) is 289 cm³/mol. The van der Waals surface area contributed by atoms with Gasteiger partial charge in [0.25, 0.3) is 0 Å². The second kappa shape index (κ2) is 56.5. The SMILES string of the molecule is CCC/C=C\C/C=C\CCCCCCCC(=O)OC(COC(=O)CCCCCCCCCCCC)COC(=O)CCCCCCCCCCCCCCCCCCCCCCCCCCCC. The molecule has 67 heavy (non-hydrogen) atoms. The van der Waals surface area contributed by atoms with E-state index < -0.39 is 6.10 Å². The Bertz CT molecular complexity index is 1080. The Kier molecular flexibility index (Phi) is 54.7. The highest BCUT2D eigenvalue weighted by Gasteiger charge is 2.19. The normalized spacial score (nSPS) is 12.1. The lowest BCUT2D eigenvalue weighted by molar-refractivity contribution is -0.167. The van der Waals surface area contributed by atoms with Gasteiger partial charge in [0.15, 0.2) is 6.10 Å². The maximum Gasteiger partial charge on any atom is 0.306 e. The maximum atomic E-state index is 12.8. The third kappa shape index (κ3) is 54.7. The van der Waals surface area contributed by atoms with Crippen LogP contribution in [0.2, 0.25) is 0 Å². The molecule has 0 saturated carbocycles. The maximum absolute atomic E-state index is 12.8. The van der Waals surface area contributed by atoms with Crippen LogP contribution in [0.1, 0.15) is 329 Å². The van der Waals surface area contributed by atoms with Crippen molar-refractivity contribution in [1.82, 2.24) is 0 Å². The summed E-state index contributed by atoms with van der Waals surface area (Å²) in [4.78, 5) is 38.0. The fourth-order valence-electron chi connectivity index (χ4n) is 8.95. The standard InChI is InChI=1S/C61H114O6/c1-4-7-10-13-16-19-22-24-25-26-27-28-29-30-31-32-33-34-35-36-38-39-42-45-48-51-54-60(63)66-57-58(56-65-59(62)53-50-47-44-41-21-18-15-12-9-6-3)67-61(64)55-52-49-46-43-40-37-23-20-17-14-11-8-5-2/h11,14,20,23,58H,4-10,12-13,15-19,21-22,24-57H2,1-3H3/b14-11-,23-20-. The molecular formula is C61H114O6. The largest absolute Gasteiger partial charge is 0.462 e. The molecule has 0 aliphatic carbocycles.